The number of anilines is 1. The Bertz CT molecular complexity index is 551. The smallest absolute Gasteiger partial charge is 0.227 e. The fourth-order valence-electron chi connectivity index (χ4n) is 3.06. The second-order valence-corrected chi connectivity index (χ2v) is 6.47. The van der Waals surface area contributed by atoms with Crippen molar-refractivity contribution >= 4 is 11.6 Å². The van der Waals surface area contributed by atoms with E-state index >= 15 is 0 Å². The van der Waals surface area contributed by atoms with Crippen LogP contribution in [-0.4, -0.2) is 22.7 Å². The summed E-state index contributed by atoms with van der Waals surface area (Å²) in [5.41, 5.74) is -0.499. The molecule has 2 saturated carbocycles. The number of hydrogen-bond donors (Lipinski definition) is 2. The van der Waals surface area contributed by atoms with Gasteiger partial charge in [0.2, 0.25) is 5.91 Å². The van der Waals surface area contributed by atoms with Crippen molar-refractivity contribution in [1.29, 1.82) is 0 Å². The Morgan fingerprint density at radius 2 is 2.05 bits per heavy atom. The van der Waals surface area contributed by atoms with Gasteiger partial charge in [-0.1, -0.05) is 12.8 Å². The summed E-state index contributed by atoms with van der Waals surface area (Å²) in [6.45, 7) is 0. The molecule has 1 aromatic carbocycles. The first kappa shape index (κ1) is 15.3. The Morgan fingerprint density at radius 3 is 2.64 bits per heavy atom. The van der Waals surface area contributed by atoms with Gasteiger partial charge in [-0.05, 0) is 44.2 Å². The van der Waals surface area contributed by atoms with Crippen molar-refractivity contribution in [1.82, 2.24) is 0 Å². The van der Waals surface area contributed by atoms with Crippen molar-refractivity contribution in [3.05, 3.63) is 24.0 Å². The molecule has 0 aliphatic heterocycles. The molecule has 1 aromatic rings. The van der Waals surface area contributed by atoms with Crippen molar-refractivity contribution in [3.8, 4) is 5.75 Å². The minimum atomic E-state index is -0.893. The standard InChI is InChI=1S/C17H22FNO3/c18-14-10-12(6-7-15(14)22-13-4-3-5-13)19-16(20)11-17(21)8-1-2-9-17/h6-7,10,13,21H,1-5,8-9,11H2,(H,19,20). The van der Waals surface area contributed by atoms with Gasteiger partial charge < -0.3 is 15.2 Å². The molecule has 0 bridgehead atoms. The molecule has 2 fully saturated rings. The Balaban J connectivity index is 1.57. The highest BCUT2D eigenvalue weighted by Crippen LogP contribution is 2.33. The van der Waals surface area contributed by atoms with E-state index in [2.05, 4.69) is 5.32 Å². The number of amides is 1. The lowest BCUT2D eigenvalue weighted by molar-refractivity contribution is -0.120. The predicted molar refractivity (Wildman–Crippen MR) is 81.3 cm³/mol. The molecule has 0 spiro atoms. The number of nitrogens with one attached hydrogen (secondary N) is 1. The van der Waals surface area contributed by atoms with Gasteiger partial charge in [-0.2, -0.15) is 0 Å². The van der Waals surface area contributed by atoms with Gasteiger partial charge in [0.15, 0.2) is 11.6 Å². The van der Waals surface area contributed by atoms with Crippen molar-refractivity contribution in [3.63, 3.8) is 0 Å². The molecule has 5 heteroatoms. The lowest BCUT2D eigenvalue weighted by atomic mass is 9.96. The van der Waals surface area contributed by atoms with Gasteiger partial charge in [0.1, 0.15) is 0 Å². The average Bonchev–Trinajstić information content (AvgIpc) is 2.82. The molecule has 2 aliphatic rings. The third kappa shape index (κ3) is 3.58. The molecular formula is C17H22FNO3. The van der Waals surface area contributed by atoms with Crippen molar-refractivity contribution in [2.24, 2.45) is 0 Å². The van der Waals surface area contributed by atoms with Crippen molar-refractivity contribution in [2.75, 3.05) is 5.32 Å². The summed E-state index contributed by atoms with van der Waals surface area (Å²) in [7, 11) is 0. The van der Waals surface area contributed by atoms with Gasteiger partial charge >= 0.3 is 0 Å². The zero-order chi connectivity index (χ0) is 15.6. The maximum atomic E-state index is 14.0. The summed E-state index contributed by atoms with van der Waals surface area (Å²) in [4.78, 5) is 12.0. The number of rotatable bonds is 5. The topological polar surface area (TPSA) is 58.6 Å². The lowest BCUT2D eigenvalue weighted by Gasteiger charge is -2.26. The van der Waals surface area contributed by atoms with Crippen LogP contribution in [0, 0.1) is 5.82 Å². The number of aliphatic hydroxyl groups is 1. The van der Waals surface area contributed by atoms with Gasteiger partial charge in [0, 0.05) is 11.8 Å². The van der Waals surface area contributed by atoms with Gasteiger partial charge in [0.25, 0.3) is 0 Å². The lowest BCUT2D eigenvalue weighted by Crippen LogP contribution is -2.30. The van der Waals surface area contributed by atoms with Gasteiger partial charge in [-0.15, -0.1) is 0 Å². The van der Waals surface area contributed by atoms with Crippen LogP contribution in [0.2, 0.25) is 0 Å². The molecule has 0 aromatic heterocycles. The molecule has 0 atom stereocenters. The minimum absolute atomic E-state index is 0.0644. The molecule has 3 rings (SSSR count). The van der Waals surface area contributed by atoms with Crippen LogP contribution in [0.15, 0.2) is 18.2 Å². The zero-order valence-electron chi connectivity index (χ0n) is 12.6. The Hall–Kier alpha value is -1.62. The summed E-state index contributed by atoms with van der Waals surface area (Å²) in [5.74, 6) is -0.516. The number of hydrogen-bond acceptors (Lipinski definition) is 3. The van der Waals surface area contributed by atoms with Crippen LogP contribution in [0.4, 0.5) is 10.1 Å². The van der Waals surface area contributed by atoms with E-state index in [1.165, 1.54) is 6.07 Å². The van der Waals surface area contributed by atoms with Crippen LogP contribution in [-0.2, 0) is 4.79 Å². The normalized spacial score (nSPS) is 20.5. The van der Waals surface area contributed by atoms with E-state index in [1.54, 1.807) is 12.1 Å². The number of ether oxygens (including phenoxy) is 1. The Kier molecular flexibility index (Phi) is 4.34. The fraction of sp³-hybridized carbons (Fsp3) is 0.588. The fourth-order valence-corrected chi connectivity index (χ4v) is 3.06. The molecule has 0 saturated heterocycles. The van der Waals surface area contributed by atoms with E-state index in [-0.39, 0.29) is 24.2 Å². The average molecular weight is 307 g/mol. The summed E-state index contributed by atoms with van der Waals surface area (Å²) < 4.78 is 19.5. The first-order valence-corrected chi connectivity index (χ1v) is 8.03. The van der Waals surface area contributed by atoms with E-state index in [4.69, 9.17) is 4.74 Å². The molecule has 1 amide bonds. The van der Waals surface area contributed by atoms with Crippen LogP contribution >= 0.6 is 0 Å². The second kappa shape index (κ2) is 6.24. The van der Waals surface area contributed by atoms with Gasteiger partial charge in [-0.25, -0.2) is 4.39 Å². The van der Waals surface area contributed by atoms with E-state index < -0.39 is 11.4 Å². The highest BCUT2D eigenvalue weighted by molar-refractivity contribution is 5.91. The van der Waals surface area contributed by atoms with E-state index in [9.17, 15) is 14.3 Å². The predicted octanol–water partition coefficient (Wildman–Crippen LogP) is 3.39. The van der Waals surface area contributed by atoms with Gasteiger partial charge in [-0.3, -0.25) is 4.79 Å². The molecule has 0 radical (unpaired) electrons. The number of carbonyl (C=O) groups is 1. The largest absolute Gasteiger partial charge is 0.487 e. The van der Waals surface area contributed by atoms with E-state index in [1.807, 2.05) is 0 Å². The van der Waals surface area contributed by atoms with E-state index in [0.717, 1.165) is 32.1 Å². The van der Waals surface area contributed by atoms with E-state index in [0.29, 0.717) is 18.5 Å². The Labute approximate surface area is 129 Å². The molecule has 120 valence electrons. The zero-order valence-corrected chi connectivity index (χ0v) is 12.6. The third-order valence-electron chi connectivity index (χ3n) is 4.59. The molecular weight excluding hydrogens is 285 g/mol. The highest BCUT2D eigenvalue weighted by Gasteiger charge is 2.33. The Morgan fingerprint density at radius 1 is 1.32 bits per heavy atom. The third-order valence-corrected chi connectivity index (χ3v) is 4.59. The van der Waals surface area contributed by atoms with Gasteiger partial charge in [0.05, 0.1) is 18.1 Å². The molecule has 2 N–H and O–H groups in total. The maximum Gasteiger partial charge on any atom is 0.227 e. The second-order valence-electron chi connectivity index (χ2n) is 6.47. The summed E-state index contributed by atoms with van der Waals surface area (Å²) >= 11 is 0. The van der Waals surface area contributed by atoms with Crippen LogP contribution in [0.1, 0.15) is 51.4 Å². The number of halogens is 1. The maximum absolute atomic E-state index is 14.0. The summed E-state index contributed by atoms with van der Waals surface area (Å²) in [5, 5.41) is 12.9. The number of benzene rings is 1. The van der Waals surface area contributed by atoms with Crippen molar-refractivity contribution < 1.29 is 19.0 Å². The molecule has 0 heterocycles. The highest BCUT2D eigenvalue weighted by atomic mass is 19.1. The number of carbonyl (C=O) groups excluding carboxylic acids is 1. The summed E-state index contributed by atoms with van der Waals surface area (Å²) in [6.07, 6.45) is 6.46. The summed E-state index contributed by atoms with van der Waals surface area (Å²) in [6, 6.07) is 4.45. The SMILES string of the molecule is O=C(CC1(O)CCCC1)Nc1ccc(OC2CCC2)c(F)c1. The van der Waals surface area contributed by atoms with Crippen LogP contribution in [0.5, 0.6) is 5.75 Å². The quantitative estimate of drug-likeness (QED) is 0.876. The van der Waals surface area contributed by atoms with Crippen LogP contribution in [0.25, 0.3) is 0 Å². The monoisotopic (exact) mass is 307 g/mol. The van der Waals surface area contributed by atoms with Crippen molar-refractivity contribution in [2.45, 2.75) is 63.1 Å². The minimum Gasteiger partial charge on any atom is -0.487 e. The first-order chi connectivity index (χ1) is 10.5. The molecule has 4 nitrogen and oxygen atoms in total. The first-order valence-electron chi connectivity index (χ1n) is 8.03. The molecule has 0 unspecified atom stereocenters. The molecule has 2 aliphatic carbocycles. The van der Waals surface area contributed by atoms with Crippen LogP contribution < -0.4 is 10.1 Å². The van der Waals surface area contributed by atoms with Crippen LogP contribution in [0.3, 0.4) is 0 Å². The molecule has 22 heavy (non-hydrogen) atoms.